The van der Waals surface area contributed by atoms with Crippen LogP contribution in [-0.4, -0.2) is 16.9 Å². The Bertz CT molecular complexity index is 310. The van der Waals surface area contributed by atoms with Crippen molar-refractivity contribution in [3.8, 4) is 0 Å². The van der Waals surface area contributed by atoms with E-state index in [1.54, 1.807) is 6.20 Å². The van der Waals surface area contributed by atoms with Gasteiger partial charge < -0.3 is 11.1 Å². The summed E-state index contributed by atoms with van der Waals surface area (Å²) in [4.78, 5) is 15.8. The molecule has 3 N–H and O–H groups in total. The molecule has 0 aliphatic carbocycles. The molecule has 4 nitrogen and oxygen atoms in total. The summed E-state index contributed by atoms with van der Waals surface area (Å²) in [5.41, 5.74) is 5.66. The molecule has 0 aliphatic heterocycles. The van der Waals surface area contributed by atoms with Crippen LogP contribution < -0.4 is 11.1 Å². The van der Waals surface area contributed by atoms with Gasteiger partial charge in [0.25, 0.3) is 0 Å². The van der Waals surface area contributed by atoms with Gasteiger partial charge in [-0.2, -0.15) is 0 Å². The van der Waals surface area contributed by atoms with Crippen molar-refractivity contribution < 1.29 is 4.79 Å². The Hall–Kier alpha value is -0.940. The minimum atomic E-state index is -0.174. The second-order valence-electron chi connectivity index (χ2n) is 3.75. The molecule has 0 saturated carbocycles. The molecule has 15 heavy (non-hydrogen) atoms. The number of hydrogen-bond acceptors (Lipinski definition) is 4. The van der Waals surface area contributed by atoms with Crippen LogP contribution >= 0.6 is 11.3 Å². The molecule has 0 fully saturated rings. The minimum Gasteiger partial charge on any atom is -0.347 e. The van der Waals surface area contributed by atoms with Crippen molar-refractivity contribution in [2.24, 2.45) is 11.7 Å². The van der Waals surface area contributed by atoms with E-state index < -0.39 is 0 Å². The summed E-state index contributed by atoms with van der Waals surface area (Å²) >= 11 is 1.54. The van der Waals surface area contributed by atoms with Crippen molar-refractivity contribution in [3.05, 3.63) is 16.6 Å². The summed E-state index contributed by atoms with van der Waals surface area (Å²) < 4.78 is 0. The fourth-order valence-corrected chi connectivity index (χ4v) is 1.74. The lowest BCUT2D eigenvalue weighted by molar-refractivity contribution is -0.125. The molecule has 1 heterocycles. The normalized spacial score (nSPS) is 16.8. The SMILES string of the molecule is CC(NC(=O)C(C)C(C)N)c1nccs1. The first-order chi connectivity index (χ1) is 7.02. The molecule has 3 atom stereocenters. The maximum Gasteiger partial charge on any atom is 0.224 e. The van der Waals surface area contributed by atoms with E-state index in [2.05, 4.69) is 10.3 Å². The fourth-order valence-electron chi connectivity index (χ4n) is 1.09. The summed E-state index contributed by atoms with van der Waals surface area (Å²) in [7, 11) is 0. The number of nitrogens with one attached hydrogen (secondary N) is 1. The van der Waals surface area contributed by atoms with E-state index in [0.29, 0.717) is 0 Å². The summed E-state index contributed by atoms with van der Waals surface area (Å²) in [5.74, 6) is -0.194. The molecule has 0 spiro atoms. The van der Waals surface area contributed by atoms with Crippen molar-refractivity contribution in [1.82, 2.24) is 10.3 Å². The van der Waals surface area contributed by atoms with Crippen molar-refractivity contribution >= 4 is 17.2 Å². The number of amides is 1. The molecule has 1 aromatic rings. The topological polar surface area (TPSA) is 68.0 Å². The highest BCUT2D eigenvalue weighted by atomic mass is 32.1. The van der Waals surface area contributed by atoms with Gasteiger partial charge >= 0.3 is 0 Å². The highest BCUT2D eigenvalue weighted by Gasteiger charge is 2.19. The molecular formula is C10H17N3OS. The van der Waals surface area contributed by atoms with E-state index >= 15 is 0 Å². The van der Waals surface area contributed by atoms with Gasteiger partial charge in [-0.05, 0) is 13.8 Å². The molecule has 84 valence electrons. The van der Waals surface area contributed by atoms with Gasteiger partial charge in [-0.1, -0.05) is 6.92 Å². The van der Waals surface area contributed by atoms with Crippen LogP contribution in [-0.2, 0) is 4.79 Å². The third kappa shape index (κ3) is 3.28. The molecular weight excluding hydrogens is 210 g/mol. The van der Waals surface area contributed by atoms with E-state index in [1.165, 1.54) is 11.3 Å². The lowest BCUT2D eigenvalue weighted by Crippen LogP contribution is -2.39. The van der Waals surface area contributed by atoms with Gasteiger partial charge in [0.1, 0.15) is 5.01 Å². The number of nitrogens with zero attached hydrogens (tertiary/aromatic N) is 1. The van der Waals surface area contributed by atoms with Crippen LogP contribution in [0.2, 0.25) is 0 Å². The Kier molecular flexibility index (Phi) is 4.23. The molecule has 0 saturated heterocycles. The number of carbonyl (C=O) groups excluding carboxylic acids is 1. The quantitative estimate of drug-likeness (QED) is 0.814. The summed E-state index contributed by atoms with van der Waals surface area (Å²) in [6, 6.07) is -0.174. The summed E-state index contributed by atoms with van der Waals surface area (Å²) in [6.07, 6.45) is 1.73. The zero-order valence-electron chi connectivity index (χ0n) is 9.23. The lowest BCUT2D eigenvalue weighted by atomic mass is 10.0. The third-order valence-electron chi connectivity index (χ3n) is 2.38. The zero-order valence-corrected chi connectivity index (χ0v) is 10.0. The predicted octanol–water partition coefficient (Wildman–Crippen LogP) is 1.30. The largest absolute Gasteiger partial charge is 0.347 e. The van der Waals surface area contributed by atoms with Gasteiger partial charge in [-0.15, -0.1) is 11.3 Å². The van der Waals surface area contributed by atoms with Crippen molar-refractivity contribution in [1.29, 1.82) is 0 Å². The van der Waals surface area contributed by atoms with Crippen LogP contribution in [0.1, 0.15) is 31.8 Å². The Labute approximate surface area is 93.9 Å². The molecule has 0 bridgehead atoms. The Morgan fingerprint density at radius 3 is 2.67 bits per heavy atom. The van der Waals surface area contributed by atoms with Gasteiger partial charge in [-0.3, -0.25) is 4.79 Å². The molecule has 0 aromatic carbocycles. The van der Waals surface area contributed by atoms with Gasteiger partial charge in [0, 0.05) is 23.5 Å². The third-order valence-corrected chi connectivity index (χ3v) is 3.34. The van der Waals surface area contributed by atoms with Crippen LogP contribution in [0.5, 0.6) is 0 Å². The Morgan fingerprint density at radius 1 is 1.53 bits per heavy atom. The van der Waals surface area contributed by atoms with Gasteiger partial charge in [-0.25, -0.2) is 4.98 Å². The van der Waals surface area contributed by atoms with E-state index in [-0.39, 0.29) is 23.9 Å². The molecule has 0 radical (unpaired) electrons. The smallest absolute Gasteiger partial charge is 0.224 e. The van der Waals surface area contributed by atoms with Crippen LogP contribution in [0.3, 0.4) is 0 Å². The highest BCUT2D eigenvalue weighted by Crippen LogP contribution is 2.15. The predicted molar refractivity (Wildman–Crippen MR) is 61.5 cm³/mol. The molecule has 1 amide bonds. The van der Waals surface area contributed by atoms with E-state index in [0.717, 1.165) is 5.01 Å². The van der Waals surface area contributed by atoms with Crippen LogP contribution in [0.15, 0.2) is 11.6 Å². The fraction of sp³-hybridized carbons (Fsp3) is 0.600. The summed E-state index contributed by atoms with van der Waals surface area (Å²) in [6.45, 7) is 5.58. The average Bonchev–Trinajstić information content (AvgIpc) is 2.68. The first kappa shape index (κ1) is 12.1. The van der Waals surface area contributed by atoms with Crippen molar-refractivity contribution in [3.63, 3.8) is 0 Å². The Morgan fingerprint density at radius 2 is 2.20 bits per heavy atom. The van der Waals surface area contributed by atoms with Gasteiger partial charge in [0.05, 0.1) is 6.04 Å². The molecule has 3 unspecified atom stereocenters. The van der Waals surface area contributed by atoms with Gasteiger partial charge in [0.2, 0.25) is 5.91 Å². The van der Waals surface area contributed by atoms with Gasteiger partial charge in [0.15, 0.2) is 0 Å². The average molecular weight is 227 g/mol. The molecule has 0 aliphatic rings. The molecule has 5 heteroatoms. The second kappa shape index (κ2) is 5.23. The van der Waals surface area contributed by atoms with Crippen molar-refractivity contribution in [2.45, 2.75) is 32.9 Å². The Balaban J connectivity index is 2.52. The number of nitrogens with two attached hydrogens (primary N) is 1. The maximum absolute atomic E-state index is 11.7. The second-order valence-corrected chi connectivity index (χ2v) is 4.67. The lowest BCUT2D eigenvalue weighted by Gasteiger charge is -2.18. The van der Waals surface area contributed by atoms with Crippen LogP contribution in [0.25, 0.3) is 0 Å². The van der Waals surface area contributed by atoms with Crippen molar-refractivity contribution in [2.75, 3.05) is 0 Å². The van der Waals surface area contributed by atoms with Crippen LogP contribution in [0, 0.1) is 5.92 Å². The first-order valence-corrected chi connectivity index (χ1v) is 5.85. The zero-order chi connectivity index (χ0) is 11.4. The number of hydrogen-bond donors (Lipinski definition) is 2. The van der Waals surface area contributed by atoms with E-state index in [9.17, 15) is 4.79 Å². The number of carbonyl (C=O) groups is 1. The number of aromatic nitrogens is 1. The highest BCUT2D eigenvalue weighted by molar-refractivity contribution is 7.09. The minimum absolute atomic E-state index is 0.0206. The standard InChI is InChI=1S/C10H17N3OS/c1-6(7(2)11)9(14)13-8(3)10-12-4-5-15-10/h4-8H,11H2,1-3H3,(H,13,14). The first-order valence-electron chi connectivity index (χ1n) is 4.97. The number of thiazole rings is 1. The van der Waals surface area contributed by atoms with Crippen LogP contribution in [0.4, 0.5) is 0 Å². The maximum atomic E-state index is 11.7. The summed E-state index contributed by atoms with van der Waals surface area (Å²) in [5, 5.41) is 5.71. The van der Waals surface area contributed by atoms with E-state index in [4.69, 9.17) is 5.73 Å². The number of rotatable bonds is 4. The molecule has 1 rings (SSSR count). The monoisotopic (exact) mass is 227 g/mol. The molecule has 1 aromatic heterocycles. The van der Waals surface area contributed by atoms with E-state index in [1.807, 2.05) is 26.2 Å².